The predicted octanol–water partition coefficient (Wildman–Crippen LogP) is 3.05. The van der Waals surface area contributed by atoms with E-state index < -0.39 is 11.7 Å². The fourth-order valence-corrected chi connectivity index (χ4v) is 3.17. The molecule has 156 valence electrons. The van der Waals surface area contributed by atoms with Gasteiger partial charge in [-0.05, 0) is 48.2 Å². The van der Waals surface area contributed by atoms with Crippen LogP contribution in [0.2, 0.25) is 0 Å². The summed E-state index contributed by atoms with van der Waals surface area (Å²) < 4.78 is 14.9. The lowest BCUT2D eigenvalue weighted by molar-refractivity contribution is 0.0948. The van der Waals surface area contributed by atoms with E-state index in [9.17, 15) is 14.0 Å². The van der Waals surface area contributed by atoms with Crippen LogP contribution in [0.25, 0.3) is 5.69 Å². The molecule has 30 heavy (non-hydrogen) atoms. The van der Waals surface area contributed by atoms with E-state index >= 15 is 0 Å². The largest absolute Gasteiger partial charge is 0.395 e. The topological polar surface area (TPSA) is 116 Å². The van der Waals surface area contributed by atoms with Gasteiger partial charge in [-0.25, -0.2) is 9.07 Å². The van der Waals surface area contributed by atoms with E-state index in [0.717, 1.165) is 5.56 Å². The standard InChI is InChI=1S/C22H24FN5O2/c1-12(2)19-18(24)20(21(25)29)28(27-19)16-8-5-14(6-9-16)11-26-22(30)17-10-15(23)7-4-13(17)3/h4-10,12H,11,24H2,1-3H3,(H2,25,29)(H,26,30). The number of anilines is 1. The molecule has 2 amide bonds. The first-order valence-corrected chi connectivity index (χ1v) is 9.51. The van der Waals surface area contributed by atoms with Crippen LogP contribution in [-0.2, 0) is 6.54 Å². The number of aromatic nitrogens is 2. The van der Waals surface area contributed by atoms with Gasteiger partial charge in [-0.2, -0.15) is 5.10 Å². The molecule has 0 saturated carbocycles. The lowest BCUT2D eigenvalue weighted by atomic mass is 10.1. The zero-order chi connectivity index (χ0) is 22.0. The van der Waals surface area contributed by atoms with Gasteiger partial charge in [-0.15, -0.1) is 0 Å². The molecule has 0 aliphatic heterocycles. The van der Waals surface area contributed by atoms with Gasteiger partial charge >= 0.3 is 0 Å². The minimum Gasteiger partial charge on any atom is -0.395 e. The average Bonchev–Trinajstić information content (AvgIpc) is 3.06. The van der Waals surface area contributed by atoms with Crippen molar-refractivity contribution in [1.82, 2.24) is 15.1 Å². The normalized spacial score (nSPS) is 11.0. The third kappa shape index (κ3) is 4.17. The highest BCUT2D eigenvalue weighted by Crippen LogP contribution is 2.26. The quantitative estimate of drug-likeness (QED) is 0.580. The Morgan fingerprint density at radius 2 is 1.83 bits per heavy atom. The number of nitrogens with two attached hydrogens (primary N) is 2. The first kappa shape index (κ1) is 21.0. The van der Waals surface area contributed by atoms with Crippen LogP contribution in [0.15, 0.2) is 42.5 Å². The Labute approximate surface area is 173 Å². The SMILES string of the molecule is Cc1ccc(F)cc1C(=O)NCc1ccc(-n2nc(C(C)C)c(N)c2C(N)=O)cc1. The Bertz CT molecular complexity index is 1100. The fourth-order valence-electron chi connectivity index (χ4n) is 3.17. The van der Waals surface area contributed by atoms with E-state index in [4.69, 9.17) is 11.5 Å². The predicted molar refractivity (Wildman–Crippen MR) is 113 cm³/mol. The van der Waals surface area contributed by atoms with Crippen LogP contribution in [0, 0.1) is 12.7 Å². The van der Waals surface area contributed by atoms with Crippen molar-refractivity contribution in [2.75, 3.05) is 5.73 Å². The maximum absolute atomic E-state index is 13.4. The van der Waals surface area contributed by atoms with Gasteiger partial charge in [0.25, 0.3) is 11.8 Å². The number of primary amides is 1. The molecule has 0 bridgehead atoms. The van der Waals surface area contributed by atoms with Crippen molar-refractivity contribution in [1.29, 1.82) is 0 Å². The van der Waals surface area contributed by atoms with Crippen LogP contribution < -0.4 is 16.8 Å². The van der Waals surface area contributed by atoms with E-state index in [0.29, 0.717) is 22.5 Å². The van der Waals surface area contributed by atoms with Crippen molar-refractivity contribution in [3.05, 3.63) is 76.4 Å². The second-order valence-corrected chi connectivity index (χ2v) is 7.39. The van der Waals surface area contributed by atoms with E-state index in [1.807, 2.05) is 13.8 Å². The van der Waals surface area contributed by atoms with Gasteiger partial charge in [0.05, 0.1) is 17.1 Å². The summed E-state index contributed by atoms with van der Waals surface area (Å²) in [5.41, 5.74) is 15.0. The molecule has 1 aromatic heterocycles. The number of aryl methyl sites for hydroxylation is 1. The molecule has 0 radical (unpaired) electrons. The van der Waals surface area contributed by atoms with Crippen molar-refractivity contribution >= 4 is 17.5 Å². The van der Waals surface area contributed by atoms with Crippen LogP contribution >= 0.6 is 0 Å². The van der Waals surface area contributed by atoms with Crippen molar-refractivity contribution in [2.24, 2.45) is 5.73 Å². The van der Waals surface area contributed by atoms with Crippen molar-refractivity contribution < 1.29 is 14.0 Å². The van der Waals surface area contributed by atoms with E-state index in [-0.39, 0.29) is 29.8 Å². The van der Waals surface area contributed by atoms with Gasteiger partial charge < -0.3 is 16.8 Å². The zero-order valence-electron chi connectivity index (χ0n) is 17.1. The number of hydrogen-bond donors (Lipinski definition) is 3. The van der Waals surface area contributed by atoms with Gasteiger partial charge in [-0.3, -0.25) is 9.59 Å². The number of nitrogens with one attached hydrogen (secondary N) is 1. The summed E-state index contributed by atoms with van der Waals surface area (Å²) in [6.07, 6.45) is 0. The molecule has 3 aromatic rings. The minimum absolute atomic E-state index is 0.0325. The highest BCUT2D eigenvalue weighted by molar-refractivity contribution is 5.97. The summed E-state index contributed by atoms with van der Waals surface area (Å²) in [5, 5.41) is 7.23. The van der Waals surface area contributed by atoms with Crippen LogP contribution in [0.3, 0.4) is 0 Å². The van der Waals surface area contributed by atoms with Gasteiger partial charge in [0, 0.05) is 12.1 Å². The minimum atomic E-state index is -0.659. The lowest BCUT2D eigenvalue weighted by Crippen LogP contribution is -2.23. The maximum Gasteiger partial charge on any atom is 0.269 e. The molecule has 0 saturated heterocycles. The van der Waals surface area contributed by atoms with Gasteiger partial charge in [0.1, 0.15) is 5.82 Å². The molecule has 0 spiro atoms. The van der Waals surface area contributed by atoms with Gasteiger partial charge in [-0.1, -0.05) is 32.0 Å². The first-order chi connectivity index (χ1) is 14.2. The number of nitrogen functional groups attached to an aromatic ring is 1. The number of halogens is 1. The zero-order valence-corrected chi connectivity index (χ0v) is 17.1. The second kappa shape index (κ2) is 8.36. The monoisotopic (exact) mass is 409 g/mol. The summed E-state index contributed by atoms with van der Waals surface area (Å²) in [6, 6.07) is 11.2. The highest BCUT2D eigenvalue weighted by atomic mass is 19.1. The molecule has 7 nitrogen and oxygen atoms in total. The molecule has 0 fully saturated rings. The highest BCUT2D eigenvalue weighted by Gasteiger charge is 2.22. The Kier molecular flexibility index (Phi) is 5.86. The van der Waals surface area contributed by atoms with E-state index in [1.54, 1.807) is 37.3 Å². The van der Waals surface area contributed by atoms with Crippen LogP contribution in [0.5, 0.6) is 0 Å². The summed E-state index contributed by atoms with van der Waals surface area (Å²) in [5.74, 6) is -1.44. The second-order valence-electron chi connectivity index (χ2n) is 7.39. The van der Waals surface area contributed by atoms with Gasteiger partial charge in [0.15, 0.2) is 5.69 Å². The summed E-state index contributed by atoms with van der Waals surface area (Å²) >= 11 is 0. The van der Waals surface area contributed by atoms with Crippen LogP contribution in [0.1, 0.15) is 57.4 Å². The Morgan fingerprint density at radius 1 is 1.17 bits per heavy atom. The number of carbonyl (C=O) groups excluding carboxylic acids is 2. The number of carbonyl (C=O) groups is 2. The number of hydrogen-bond acceptors (Lipinski definition) is 4. The molecule has 8 heteroatoms. The molecule has 2 aromatic carbocycles. The summed E-state index contributed by atoms with van der Waals surface area (Å²) in [4.78, 5) is 24.2. The molecule has 0 aliphatic carbocycles. The smallest absolute Gasteiger partial charge is 0.269 e. The molecule has 3 rings (SSSR count). The third-order valence-corrected chi connectivity index (χ3v) is 4.81. The molecular formula is C22H24FN5O2. The molecule has 1 heterocycles. The van der Waals surface area contributed by atoms with Crippen LogP contribution in [0.4, 0.5) is 10.1 Å². The molecule has 0 atom stereocenters. The molecule has 0 aliphatic rings. The summed E-state index contributed by atoms with van der Waals surface area (Å²) in [7, 11) is 0. The number of rotatable bonds is 6. The average molecular weight is 409 g/mol. The number of nitrogens with zero attached hydrogens (tertiary/aromatic N) is 2. The molecule has 0 unspecified atom stereocenters. The number of benzene rings is 2. The molecule has 5 N–H and O–H groups in total. The fraction of sp³-hybridized carbons (Fsp3) is 0.227. The Morgan fingerprint density at radius 3 is 2.43 bits per heavy atom. The maximum atomic E-state index is 13.4. The Hall–Kier alpha value is -3.68. The van der Waals surface area contributed by atoms with Crippen molar-refractivity contribution in [3.8, 4) is 5.69 Å². The summed E-state index contributed by atoms with van der Waals surface area (Å²) in [6.45, 7) is 5.87. The number of amides is 2. The van der Waals surface area contributed by atoms with E-state index in [1.165, 1.54) is 16.8 Å². The van der Waals surface area contributed by atoms with Crippen molar-refractivity contribution in [3.63, 3.8) is 0 Å². The first-order valence-electron chi connectivity index (χ1n) is 9.51. The van der Waals surface area contributed by atoms with E-state index in [2.05, 4.69) is 10.4 Å². The molecular weight excluding hydrogens is 385 g/mol. The lowest BCUT2D eigenvalue weighted by Gasteiger charge is -2.09. The van der Waals surface area contributed by atoms with Gasteiger partial charge in [0.2, 0.25) is 0 Å². The van der Waals surface area contributed by atoms with Crippen LogP contribution in [-0.4, -0.2) is 21.6 Å². The van der Waals surface area contributed by atoms with Crippen molar-refractivity contribution in [2.45, 2.75) is 33.2 Å². The third-order valence-electron chi connectivity index (χ3n) is 4.81. The Balaban J connectivity index is 1.79.